The zero-order chi connectivity index (χ0) is 33.2. The van der Waals surface area contributed by atoms with Gasteiger partial charge >= 0.3 is 5.97 Å². The van der Waals surface area contributed by atoms with Gasteiger partial charge in [0.05, 0.1) is 18.4 Å². The lowest BCUT2D eigenvalue weighted by Crippen LogP contribution is -2.02. The quantitative estimate of drug-likeness (QED) is 0.172. The van der Waals surface area contributed by atoms with Crippen molar-refractivity contribution in [2.45, 2.75) is 133 Å². The molecular formula is C38H61Cl2NO2. The van der Waals surface area contributed by atoms with Crippen molar-refractivity contribution in [3.8, 4) is 0 Å². The van der Waals surface area contributed by atoms with E-state index in [1.54, 1.807) is 24.4 Å². The molecule has 244 valence electrons. The highest BCUT2D eigenvalue weighted by molar-refractivity contribution is 6.34. The Bertz CT molecular complexity index is 1040. The molecule has 0 aliphatic carbocycles. The number of aromatic nitrogens is 1. The van der Waals surface area contributed by atoms with Crippen molar-refractivity contribution >= 4 is 34.7 Å². The third-order valence-corrected chi connectivity index (χ3v) is 7.46. The number of rotatable bonds is 12. The Morgan fingerprint density at radius 2 is 1.47 bits per heavy atom. The zero-order valence-electron chi connectivity index (χ0n) is 29.2. The van der Waals surface area contributed by atoms with Crippen molar-refractivity contribution in [3.63, 3.8) is 0 Å². The molecule has 1 aromatic heterocycles. The Kier molecular flexibility index (Phi) is 27.5. The number of hydrogen-bond acceptors (Lipinski definition) is 3. The number of carbonyl (C=O) groups is 1. The van der Waals surface area contributed by atoms with E-state index in [1.165, 1.54) is 76.0 Å². The number of hydrogen-bond donors (Lipinski definition) is 0. The van der Waals surface area contributed by atoms with Gasteiger partial charge in [0.1, 0.15) is 0 Å². The first-order valence-corrected chi connectivity index (χ1v) is 16.9. The van der Waals surface area contributed by atoms with Gasteiger partial charge in [-0.3, -0.25) is 4.98 Å². The van der Waals surface area contributed by atoms with E-state index in [0.717, 1.165) is 27.2 Å². The van der Waals surface area contributed by atoms with Gasteiger partial charge in [-0.15, -0.1) is 0 Å². The second-order valence-corrected chi connectivity index (χ2v) is 12.2. The van der Waals surface area contributed by atoms with Crippen molar-refractivity contribution in [2.75, 3.05) is 7.11 Å². The van der Waals surface area contributed by atoms with Gasteiger partial charge in [0.25, 0.3) is 0 Å². The summed E-state index contributed by atoms with van der Waals surface area (Å²) in [5.41, 5.74) is 5.18. The number of esters is 1. The van der Waals surface area contributed by atoms with Gasteiger partial charge in [-0.25, -0.2) is 4.79 Å². The number of nitrogens with zero attached hydrogens (tertiary/aromatic N) is 1. The molecule has 1 heterocycles. The van der Waals surface area contributed by atoms with Crippen LogP contribution in [0, 0.1) is 5.92 Å². The third kappa shape index (κ3) is 22.1. The van der Waals surface area contributed by atoms with Gasteiger partial charge in [0, 0.05) is 16.2 Å². The average molecular weight is 635 g/mol. The lowest BCUT2D eigenvalue weighted by Gasteiger charge is -2.18. The van der Waals surface area contributed by atoms with Crippen LogP contribution >= 0.6 is 23.2 Å². The van der Waals surface area contributed by atoms with Crippen LogP contribution in [-0.4, -0.2) is 18.1 Å². The standard InChI is InChI=1S/C15H22Cl2.C11H13NO2.C8H16.C4H10/c1-4-5-12(7-6-11(2)3)13-8-14(16)10-15(17)9-13;1-4-8(2)10-7-9(5-6-12-10)11(13)14-3;1-4-6-7-8(3)5-2;1-3-4-2/h8-12H,4-7H2,1-3H3;4-7H,1-3H3;5H,4,6-7H2,1-3H3;3-4H2,1-2H3/b;;8-5+;. The number of unbranched alkanes of at least 4 members (excludes halogenated alkanes) is 2. The molecule has 1 atom stereocenters. The number of methoxy groups -OCH3 is 1. The van der Waals surface area contributed by atoms with Gasteiger partial charge in [-0.2, -0.15) is 0 Å². The predicted octanol–water partition coefficient (Wildman–Crippen LogP) is 13.6. The SMILES string of the molecule is C/C=C(\C)CCCC.CC=C(C)c1cc(C(=O)OC)ccn1.CCCC.CCCC(CCC(C)C)c1cc(Cl)cc(Cl)c1. The molecule has 0 spiro atoms. The Morgan fingerprint density at radius 3 is 1.91 bits per heavy atom. The molecule has 0 bridgehead atoms. The maximum absolute atomic E-state index is 11.2. The second kappa shape index (κ2) is 27.4. The molecule has 1 aromatic carbocycles. The summed E-state index contributed by atoms with van der Waals surface area (Å²) in [5, 5.41) is 1.50. The van der Waals surface area contributed by atoms with E-state index in [2.05, 4.69) is 83.3 Å². The first-order chi connectivity index (χ1) is 20.4. The maximum atomic E-state index is 11.2. The van der Waals surface area contributed by atoms with Crippen LogP contribution in [0.25, 0.3) is 5.57 Å². The molecule has 0 amide bonds. The number of benzene rings is 1. The largest absolute Gasteiger partial charge is 0.465 e. The smallest absolute Gasteiger partial charge is 0.337 e. The van der Waals surface area contributed by atoms with Gasteiger partial charge in [0.2, 0.25) is 0 Å². The normalized spacial score (nSPS) is 11.8. The first kappa shape index (κ1) is 43.0. The molecule has 0 radical (unpaired) electrons. The van der Waals surface area contributed by atoms with Crippen molar-refractivity contribution in [1.82, 2.24) is 4.98 Å². The van der Waals surface area contributed by atoms with E-state index < -0.39 is 0 Å². The van der Waals surface area contributed by atoms with E-state index in [9.17, 15) is 4.79 Å². The number of pyridine rings is 1. The van der Waals surface area contributed by atoms with Crippen LogP contribution < -0.4 is 0 Å². The molecule has 0 aliphatic heterocycles. The Balaban J connectivity index is 0. The summed E-state index contributed by atoms with van der Waals surface area (Å²) in [6.07, 6.45) is 17.2. The van der Waals surface area contributed by atoms with Crippen molar-refractivity contribution in [1.29, 1.82) is 0 Å². The molecule has 2 aromatic rings. The molecule has 43 heavy (non-hydrogen) atoms. The van der Waals surface area contributed by atoms with Crippen molar-refractivity contribution in [2.24, 2.45) is 5.92 Å². The van der Waals surface area contributed by atoms with E-state index in [4.69, 9.17) is 23.2 Å². The summed E-state index contributed by atoms with van der Waals surface area (Å²) in [6.45, 7) is 21.5. The number of carbonyl (C=O) groups excluding carboxylic acids is 1. The second-order valence-electron chi connectivity index (χ2n) is 11.3. The van der Waals surface area contributed by atoms with E-state index in [0.29, 0.717) is 11.5 Å². The lowest BCUT2D eigenvalue weighted by atomic mass is 9.88. The molecule has 0 N–H and O–H groups in total. The molecule has 1 unspecified atom stereocenters. The van der Waals surface area contributed by atoms with E-state index in [-0.39, 0.29) is 5.97 Å². The highest BCUT2D eigenvalue weighted by atomic mass is 35.5. The molecule has 3 nitrogen and oxygen atoms in total. The monoisotopic (exact) mass is 633 g/mol. The van der Waals surface area contributed by atoms with Crippen LogP contribution in [0.2, 0.25) is 10.0 Å². The van der Waals surface area contributed by atoms with Gasteiger partial charge < -0.3 is 4.74 Å². The van der Waals surface area contributed by atoms with Crippen LogP contribution in [0.3, 0.4) is 0 Å². The van der Waals surface area contributed by atoms with Gasteiger partial charge in [-0.05, 0) is 107 Å². The summed E-state index contributed by atoms with van der Waals surface area (Å²) >= 11 is 12.1. The topological polar surface area (TPSA) is 39.2 Å². The third-order valence-electron chi connectivity index (χ3n) is 7.02. The van der Waals surface area contributed by atoms with E-state index in [1.807, 2.05) is 19.9 Å². The first-order valence-electron chi connectivity index (χ1n) is 16.2. The average Bonchev–Trinajstić information content (AvgIpc) is 3.01. The van der Waals surface area contributed by atoms with Crippen molar-refractivity contribution < 1.29 is 9.53 Å². The fourth-order valence-corrected chi connectivity index (χ4v) is 4.35. The summed E-state index contributed by atoms with van der Waals surface area (Å²) in [4.78, 5) is 15.4. The van der Waals surface area contributed by atoms with Crippen LogP contribution in [0.5, 0.6) is 0 Å². The molecule has 0 aliphatic rings. The fourth-order valence-electron chi connectivity index (χ4n) is 3.81. The van der Waals surface area contributed by atoms with Crippen LogP contribution in [0.4, 0.5) is 0 Å². The van der Waals surface area contributed by atoms with Crippen LogP contribution in [0.15, 0.2) is 54.3 Å². The number of allylic oxidation sites excluding steroid dienone is 4. The summed E-state index contributed by atoms with van der Waals surface area (Å²) in [5.74, 6) is 1.01. The molecular weight excluding hydrogens is 573 g/mol. The van der Waals surface area contributed by atoms with Crippen molar-refractivity contribution in [3.05, 3.63) is 81.1 Å². The minimum absolute atomic E-state index is 0.336. The Hall–Kier alpha value is -2.10. The molecule has 0 saturated carbocycles. The molecule has 2 rings (SSSR count). The molecule has 5 heteroatoms. The molecule has 0 saturated heterocycles. The highest BCUT2D eigenvalue weighted by Gasteiger charge is 2.13. The maximum Gasteiger partial charge on any atom is 0.337 e. The van der Waals surface area contributed by atoms with Crippen LogP contribution in [-0.2, 0) is 4.74 Å². The predicted molar refractivity (Wildman–Crippen MR) is 193 cm³/mol. The summed E-state index contributed by atoms with van der Waals surface area (Å²) in [6, 6.07) is 9.29. The Labute approximate surface area is 275 Å². The minimum Gasteiger partial charge on any atom is -0.465 e. The lowest BCUT2D eigenvalue weighted by molar-refractivity contribution is 0.0600. The summed E-state index contributed by atoms with van der Waals surface area (Å²) < 4.78 is 4.62. The highest BCUT2D eigenvalue weighted by Crippen LogP contribution is 2.31. The fraction of sp³-hybridized carbons (Fsp3) is 0.579. The minimum atomic E-state index is -0.336. The zero-order valence-corrected chi connectivity index (χ0v) is 30.7. The van der Waals surface area contributed by atoms with Crippen LogP contribution in [0.1, 0.15) is 155 Å². The number of ether oxygens (including phenoxy) is 1. The van der Waals surface area contributed by atoms with E-state index >= 15 is 0 Å². The Morgan fingerprint density at radius 1 is 0.860 bits per heavy atom. The van der Waals surface area contributed by atoms with Gasteiger partial charge in [-0.1, -0.05) is 115 Å². The number of halogens is 2. The van der Waals surface area contributed by atoms with Gasteiger partial charge in [0.15, 0.2) is 0 Å². The molecule has 0 fully saturated rings. The summed E-state index contributed by atoms with van der Waals surface area (Å²) in [7, 11) is 1.37.